The molecule has 0 unspecified atom stereocenters. The van der Waals surface area contributed by atoms with Gasteiger partial charge in [-0.15, -0.1) is 11.3 Å². The zero-order valence-corrected chi connectivity index (χ0v) is 22.3. The van der Waals surface area contributed by atoms with Gasteiger partial charge in [0.2, 0.25) is 0 Å². The molecule has 37 heavy (non-hydrogen) atoms. The van der Waals surface area contributed by atoms with Crippen molar-refractivity contribution >= 4 is 57.0 Å². The first-order chi connectivity index (χ1) is 18.0. The van der Waals surface area contributed by atoms with E-state index in [0.29, 0.717) is 37.4 Å². The normalized spacial score (nSPS) is 13.1. The second-order valence-corrected chi connectivity index (χ2v) is 10.8. The number of para-hydroxylation sites is 1. The van der Waals surface area contributed by atoms with Gasteiger partial charge in [0.15, 0.2) is 16.7 Å². The number of hydrazone groups is 1. The number of rotatable bonds is 7. The van der Waals surface area contributed by atoms with Crippen molar-refractivity contribution in [3.05, 3.63) is 73.8 Å². The number of thiophene rings is 1. The predicted molar refractivity (Wildman–Crippen MR) is 148 cm³/mol. The fourth-order valence-electron chi connectivity index (χ4n) is 4.25. The number of thioether (sulfide) groups is 1. The SMILES string of the molecule is COc1cccc(C=NNC(=O)CSc2nc3sc4c(c3c(=O)n2-c2ccc(Cl)cc2)CCCC4)c1O. The molecule has 0 saturated carbocycles. The number of aryl methyl sites for hydroxylation is 2. The van der Waals surface area contributed by atoms with Crippen LogP contribution in [-0.2, 0) is 17.6 Å². The van der Waals surface area contributed by atoms with Crippen LogP contribution in [0.3, 0.4) is 0 Å². The van der Waals surface area contributed by atoms with E-state index in [9.17, 15) is 14.7 Å². The number of amides is 1. The molecular formula is C26H23ClN4O4S2. The molecule has 0 spiro atoms. The largest absolute Gasteiger partial charge is 0.504 e. The Kier molecular flexibility index (Phi) is 7.50. The Morgan fingerprint density at radius 3 is 2.84 bits per heavy atom. The van der Waals surface area contributed by atoms with Crippen molar-refractivity contribution in [3.8, 4) is 17.2 Å². The van der Waals surface area contributed by atoms with Gasteiger partial charge in [0.05, 0.1) is 30.2 Å². The second kappa shape index (κ2) is 11.0. The fourth-order valence-corrected chi connectivity index (χ4v) is 6.48. The van der Waals surface area contributed by atoms with Gasteiger partial charge in [-0.1, -0.05) is 29.4 Å². The molecule has 1 aliphatic rings. The van der Waals surface area contributed by atoms with E-state index in [1.165, 1.54) is 18.2 Å². The summed E-state index contributed by atoms with van der Waals surface area (Å²) in [6.45, 7) is 0. The van der Waals surface area contributed by atoms with Crippen LogP contribution in [0.25, 0.3) is 15.9 Å². The number of hydrogen-bond acceptors (Lipinski definition) is 8. The quantitative estimate of drug-likeness (QED) is 0.145. The lowest BCUT2D eigenvalue weighted by molar-refractivity contribution is -0.118. The van der Waals surface area contributed by atoms with Crippen molar-refractivity contribution in [2.24, 2.45) is 5.10 Å². The van der Waals surface area contributed by atoms with E-state index in [1.54, 1.807) is 58.4 Å². The first-order valence-electron chi connectivity index (χ1n) is 11.6. The van der Waals surface area contributed by atoms with E-state index < -0.39 is 0 Å². The number of nitrogens with zero attached hydrogens (tertiary/aromatic N) is 3. The molecule has 11 heteroatoms. The highest BCUT2D eigenvalue weighted by atomic mass is 35.5. The van der Waals surface area contributed by atoms with Crippen LogP contribution in [0.5, 0.6) is 11.5 Å². The molecule has 8 nitrogen and oxygen atoms in total. The molecule has 0 radical (unpaired) electrons. The molecule has 1 amide bonds. The summed E-state index contributed by atoms with van der Waals surface area (Å²) in [7, 11) is 1.45. The predicted octanol–water partition coefficient (Wildman–Crippen LogP) is 4.94. The number of hydrogen-bond donors (Lipinski definition) is 2. The number of ether oxygens (including phenoxy) is 1. The number of aromatic hydroxyl groups is 1. The highest BCUT2D eigenvalue weighted by Gasteiger charge is 2.23. The van der Waals surface area contributed by atoms with Crippen molar-refractivity contribution in [2.75, 3.05) is 12.9 Å². The van der Waals surface area contributed by atoms with E-state index in [1.807, 2.05) is 0 Å². The molecule has 2 heterocycles. The minimum absolute atomic E-state index is 0.0158. The summed E-state index contributed by atoms with van der Waals surface area (Å²) in [4.78, 5) is 33.0. The zero-order valence-electron chi connectivity index (χ0n) is 19.9. The molecule has 2 aromatic carbocycles. The van der Waals surface area contributed by atoms with Crippen molar-refractivity contribution < 1.29 is 14.6 Å². The van der Waals surface area contributed by atoms with Crippen molar-refractivity contribution in [2.45, 2.75) is 30.8 Å². The summed E-state index contributed by atoms with van der Waals surface area (Å²) in [6, 6.07) is 12.0. The van der Waals surface area contributed by atoms with Gasteiger partial charge in [-0.3, -0.25) is 14.2 Å². The van der Waals surface area contributed by atoms with Gasteiger partial charge in [-0.2, -0.15) is 5.10 Å². The Bertz CT molecular complexity index is 1560. The van der Waals surface area contributed by atoms with Gasteiger partial charge in [-0.25, -0.2) is 10.4 Å². The molecule has 2 N–H and O–H groups in total. The maximum atomic E-state index is 13.8. The summed E-state index contributed by atoms with van der Waals surface area (Å²) in [5, 5.41) is 15.7. The second-order valence-electron chi connectivity index (χ2n) is 8.38. The Morgan fingerprint density at radius 2 is 2.05 bits per heavy atom. The fraction of sp³-hybridized carbons (Fsp3) is 0.231. The summed E-state index contributed by atoms with van der Waals surface area (Å²) in [5.41, 5.74) is 4.46. The number of benzene rings is 2. The monoisotopic (exact) mass is 554 g/mol. The van der Waals surface area contributed by atoms with Crippen LogP contribution in [0.15, 0.2) is 57.5 Å². The topological polar surface area (TPSA) is 106 Å². The molecule has 2 aromatic heterocycles. The number of carbonyl (C=O) groups excluding carboxylic acids is 1. The number of carbonyl (C=O) groups is 1. The van der Waals surface area contributed by atoms with E-state index in [0.717, 1.165) is 43.0 Å². The van der Waals surface area contributed by atoms with Crippen molar-refractivity contribution in [1.82, 2.24) is 15.0 Å². The van der Waals surface area contributed by atoms with Crippen LogP contribution >= 0.6 is 34.7 Å². The molecule has 0 fully saturated rings. The van der Waals surface area contributed by atoms with Crippen LogP contribution in [0, 0.1) is 0 Å². The molecule has 0 saturated heterocycles. The number of fused-ring (bicyclic) bond motifs is 3. The first-order valence-corrected chi connectivity index (χ1v) is 13.8. The third-order valence-electron chi connectivity index (χ3n) is 6.02. The third kappa shape index (κ3) is 5.22. The number of nitrogens with one attached hydrogen (secondary N) is 1. The Morgan fingerprint density at radius 1 is 1.27 bits per heavy atom. The van der Waals surface area contributed by atoms with Crippen LogP contribution in [0.4, 0.5) is 0 Å². The van der Waals surface area contributed by atoms with Gasteiger partial charge in [0.25, 0.3) is 11.5 Å². The molecule has 5 rings (SSSR count). The molecular weight excluding hydrogens is 532 g/mol. The van der Waals surface area contributed by atoms with Crippen LogP contribution in [0.1, 0.15) is 28.8 Å². The lowest BCUT2D eigenvalue weighted by Crippen LogP contribution is -2.24. The summed E-state index contributed by atoms with van der Waals surface area (Å²) < 4.78 is 6.63. The highest BCUT2D eigenvalue weighted by molar-refractivity contribution is 7.99. The standard InChI is InChI=1S/C26H23ClN4O4S2/c1-35-19-7-4-5-15(23(19)33)13-28-30-21(32)14-36-26-29-24-22(18-6-2-3-8-20(18)37-24)25(34)31(26)17-11-9-16(27)10-12-17/h4-5,7,9-13,33H,2-3,6,8,14H2,1H3,(H,30,32). The van der Waals surface area contributed by atoms with Gasteiger partial charge >= 0.3 is 0 Å². The Labute approximate surface area is 226 Å². The van der Waals surface area contributed by atoms with E-state index >= 15 is 0 Å². The Balaban J connectivity index is 1.41. The molecule has 190 valence electrons. The average Bonchev–Trinajstić information content (AvgIpc) is 3.28. The number of methoxy groups -OCH3 is 1. The molecule has 0 atom stereocenters. The molecule has 0 bridgehead atoms. The van der Waals surface area contributed by atoms with Crippen LogP contribution < -0.4 is 15.7 Å². The summed E-state index contributed by atoms with van der Waals surface area (Å²) in [5.74, 6) is -0.160. The molecule has 4 aromatic rings. The van der Waals surface area contributed by atoms with E-state index in [2.05, 4.69) is 10.5 Å². The minimum atomic E-state index is -0.383. The van der Waals surface area contributed by atoms with Gasteiger partial charge in [-0.05, 0) is 67.6 Å². The van der Waals surface area contributed by atoms with Gasteiger partial charge in [0.1, 0.15) is 4.83 Å². The average molecular weight is 555 g/mol. The van der Waals surface area contributed by atoms with E-state index in [-0.39, 0.29) is 23.0 Å². The smallest absolute Gasteiger partial charge is 0.267 e. The van der Waals surface area contributed by atoms with Gasteiger partial charge in [0, 0.05) is 15.5 Å². The Hall–Kier alpha value is -3.34. The number of phenols is 1. The highest BCUT2D eigenvalue weighted by Crippen LogP contribution is 2.35. The maximum absolute atomic E-state index is 13.8. The lowest BCUT2D eigenvalue weighted by Gasteiger charge is -2.13. The first kappa shape index (κ1) is 25.3. The maximum Gasteiger partial charge on any atom is 0.267 e. The van der Waals surface area contributed by atoms with Crippen LogP contribution in [0.2, 0.25) is 5.02 Å². The molecule has 1 aliphatic carbocycles. The van der Waals surface area contributed by atoms with E-state index in [4.69, 9.17) is 21.3 Å². The number of halogens is 1. The zero-order chi connectivity index (χ0) is 25.9. The number of phenolic OH excluding ortho intramolecular Hbond substituents is 1. The van der Waals surface area contributed by atoms with Crippen molar-refractivity contribution in [3.63, 3.8) is 0 Å². The van der Waals surface area contributed by atoms with Crippen molar-refractivity contribution in [1.29, 1.82) is 0 Å². The third-order valence-corrected chi connectivity index (χ3v) is 8.39. The summed E-state index contributed by atoms with van der Waals surface area (Å²) >= 11 is 8.80. The van der Waals surface area contributed by atoms with Gasteiger partial charge < -0.3 is 9.84 Å². The minimum Gasteiger partial charge on any atom is -0.504 e. The number of aromatic nitrogens is 2. The lowest BCUT2D eigenvalue weighted by atomic mass is 9.97. The van der Waals surface area contributed by atoms with Crippen LogP contribution in [-0.4, -0.2) is 39.6 Å². The summed E-state index contributed by atoms with van der Waals surface area (Å²) in [6.07, 6.45) is 5.35. The molecule has 0 aliphatic heterocycles.